The average Bonchev–Trinajstić information content (AvgIpc) is 2.66. The summed E-state index contributed by atoms with van der Waals surface area (Å²) in [5.74, 6) is 1.22. The lowest BCUT2D eigenvalue weighted by atomic mass is 9.94. The van der Waals surface area contributed by atoms with Crippen LogP contribution in [0.15, 0.2) is 40.5 Å². The standard InChI is InChI=1S/C21H26N2O4S/c1-5-26-16-8-6-15(7-9-16)19-18(20(25)27-12-13(2)3)14(4)22-21-23(19)17(24)10-11-28-21/h6-9,13,19H,5,10-12H2,1-4H3/t19-/m0/s1. The molecule has 0 spiro atoms. The number of benzene rings is 1. The second kappa shape index (κ2) is 8.82. The molecule has 1 aromatic rings. The number of ether oxygens (including phenoxy) is 2. The number of nitrogens with zero attached hydrogens (tertiary/aromatic N) is 2. The molecule has 0 aliphatic carbocycles. The number of hydrogen-bond donors (Lipinski definition) is 0. The number of hydrogen-bond acceptors (Lipinski definition) is 6. The molecule has 0 radical (unpaired) electrons. The molecule has 1 aromatic carbocycles. The van der Waals surface area contributed by atoms with Crippen LogP contribution in [0.1, 0.15) is 45.7 Å². The minimum absolute atomic E-state index is 0.0296. The van der Waals surface area contributed by atoms with Crippen molar-refractivity contribution in [2.75, 3.05) is 19.0 Å². The zero-order valence-electron chi connectivity index (χ0n) is 16.7. The molecule has 2 heterocycles. The predicted molar refractivity (Wildman–Crippen MR) is 110 cm³/mol. The first-order valence-electron chi connectivity index (χ1n) is 9.56. The van der Waals surface area contributed by atoms with Crippen molar-refractivity contribution in [1.29, 1.82) is 0 Å². The number of fused-ring (bicyclic) bond motifs is 1. The summed E-state index contributed by atoms with van der Waals surface area (Å²) in [5.41, 5.74) is 1.85. The molecular weight excluding hydrogens is 376 g/mol. The van der Waals surface area contributed by atoms with Crippen LogP contribution in [0.5, 0.6) is 5.75 Å². The fourth-order valence-corrected chi connectivity index (χ4v) is 4.21. The first-order valence-corrected chi connectivity index (χ1v) is 10.5. The Morgan fingerprint density at radius 1 is 1.32 bits per heavy atom. The van der Waals surface area contributed by atoms with Crippen LogP contribution < -0.4 is 4.74 Å². The van der Waals surface area contributed by atoms with Crippen molar-refractivity contribution >= 4 is 28.8 Å². The number of carbonyl (C=O) groups is 2. The largest absolute Gasteiger partial charge is 0.494 e. The molecule has 1 atom stereocenters. The van der Waals surface area contributed by atoms with Crippen molar-refractivity contribution in [2.24, 2.45) is 10.9 Å². The molecule has 0 aromatic heterocycles. The summed E-state index contributed by atoms with van der Waals surface area (Å²) < 4.78 is 11.0. The van der Waals surface area contributed by atoms with Gasteiger partial charge in [0.05, 0.1) is 30.5 Å². The van der Waals surface area contributed by atoms with Gasteiger partial charge in [-0.25, -0.2) is 9.79 Å². The minimum Gasteiger partial charge on any atom is -0.494 e. The molecule has 7 heteroatoms. The van der Waals surface area contributed by atoms with Gasteiger partial charge in [0.15, 0.2) is 5.17 Å². The van der Waals surface area contributed by atoms with Crippen molar-refractivity contribution in [1.82, 2.24) is 4.90 Å². The smallest absolute Gasteiger partial charge is 0.338 e. The molecule has 1 fully saturated rings. The molecule has 0 saturated carbocycles. The molecule has 2 aliphatic rings. The van der Waals surface area contributed by atoms with Crippen LogP contribution in [0.25, 0.3) is 0 Å². The van der Waals surface area contributed by atoms with Crippen molar-refractivity contribution in [3.05, 3.63) is 41.1 Å². The fourth-order valence-electron chi connectivity index (χ4n) is 3.21. The van der Waals surface area contributed by atoms with Crippen molar-refractivity contribution in [3.63, 3.8) is 0 Å². The molecule has 3 rings (SSSR count). The quantitative estimate of drug-likeness (QED) is 0.674. The number of carbonyl (C=O) groups excluding carboxylic acids is 2. The number of thioether (sulfide) groups is 1. The van der Waals surface area contributed by atoms with Gasteiger partial charge in [0.25, 0.3) is 0 Å². The normalized spacial score (nSPS) is 19.5. The molecule has 0 N–H and O–H groups in total. The number of rotatable bonds is 6. The zero-order valence-corrected chi connectivity index (χ0v) is 17.5. The summed E-state index contributed by atoms with van der Waals surface area (Å²) in [6.07, 6.45) is 0.421. The molecule has 1 amide bonds. The monoisotopic (exact) mass is 402 g/mol. The van der Waals surface area contributed by atoms with E-state index in [2.05, 4.69) is 4.99 Å². The van der Waals surface area contributed by atoms with Gasteiger partial charge in [0.1, 0.15) is 5.75 Å². The Hall–Kier alpha value is -2.28. The van der Waals surface area contributed by atoms with E-state index < -0.39 is 12.0 Å². The predicted octanol–water partition coefficient (Wildman–Crippen LogP) is 3.93. The molecule has 1 saturated heterocycles. The van der Waals surface area contributed by atoms with Crippen LogP contribution >= 0.6 is 11.8 Å². The minimum atomic E-state index is -0.539. The first-order chi connectivity index (χ1) is 13.4. The average molecular weight is 403 g/mol. The molecule has 28 heavy (non-hydrogen) atoms. The summed E-state index contributed by atoms with van der Waals surface area (Å²) in [6, 6.07) is 6.97. The fraction of sp³-hybridized carbons (Fsp3) is 0.476. The van der Waals surface area contributed by atoms with Gasteiger partial charge < -0.3 is 9.47 Å². The number of aliphatic imine (C=N–C) groups is 1. The van der Waals surface area contributed by atoms with Gasteiger partial charge in [-0.1, -0.05) is 37.7 Å². The van der Waals surface area contributed by atoms with E-state index in [0.29, 0.717) is 41.8 Å². The summed E-state index contributed by atoms with van der Waals surface area (Å²) in [6.45, 7) is 8.60. The van der Waals surface area contributed by atoms with E-state index in [1.807, 2.05) is 45.0 Å². The van der Waals surface area contributed by atoms with Gasteiger partial charge in [-0.2, -0.15) is 0 Å². The van der Waals surface area contributed by atoms with Crippen LogP contribution in [0.3, 0.4) is 0 Å². The molecule has 150 valence electrons. The highest BCUT2D eigenvalue weighted by atomic mass is 32.2. The van der Waals surface area contributed by atoms with Crippen molar-refractivity contribution in [3.8, 4) is 5.75 Å². The third-order valence-electron chi connectivity index (χ3n) is 4.48. The number of esters is 1. The lowest BCUT2D eigenvalue weighted by Crippen LogP contribution is -2.45. The van der Waals surface area contributed by atoms with Gasteiger partial charge >= 0.3 is 5.97 Å². The van der Waals surface area contributed by atoms with Crippen LogP contribution in [0.4, 0.5) is 0 Å². The van der Waals surface area contributed by atoms with Crippen LogP contribution in [-0.4, -0.2) is 40.9 Å². The molecule has 6 nitrogen and oxygen atoms in total. The highest BCUT2D eigenvalue weighted by Crippen LogP contribution is 2.40. The lowest BCUT2D eigenvalue weighted by molar-refractivity contribution is -0.141. The number of amides is 1. The summed E-state index contributed by atoms with van der Waals surface area (Å²) in [7, 11) is 0. The SMILES string of the molecule is CCOc1ccc([C@H]2C(C(=O)OCC(C)C)=C(C)N=C3SCCC(=O)N32)cc1. The van der Waals surface area contributed by atoms with Crippen LogP contribution in [0, 0.1) is 5.92 Å². The Morgan fingerprint density at radius 2 is 2.04 bits per heavy atom. The summed E-state index contributed by atoms with van der Waals surface area (Å²) in [4.78, 5) is 31.9. The first kappa shape index (κ1) is 20.5. The van der Waals surface area contributed by atoms with Gasteiger partial charge in [0, 0.05) is 12.2 Å². The second-order valence-electron chi connectivity index (χ2n) is 7.15. The Morgan fingerprint density at radius 3 is 2.68 bits per heavy atom. The molecule has 0 unspecified atom stereocenters. The van der Waals surface area contributed by atoms with Crippen LogP contribution in [0.2, 0.25) is 0 Å². The van der Waals surface area contributed by atoms with E-state index >= 15 is 0 Å². The highest BCUT2D eigenvalue weighted by Gasteiger charge is 2.41. The van der Waals surface area contributed by atoms with Gasteiger partial charge in [-0.15, -0.1) is 0 Å². The van der Waals surface area contributed by atoms with Crippen LogP contribution in [-0.2, 0) is 14.3 Å². The maximum absolute atomic E-state index is 12.9. The second-order valence-corrected chi connectivity index (χ2v) is 8.21. The Bertz CT molecular complexity index is 814. The van der Waals surface area contributed by atoms with Gasteiger partial charge in [-0.3, -0.25) is 9.69 Å². The maximum Gasteiger partial charge on any atom is 0.338 e. The summed E-state index contributed by atoms with van der Waals surface area (Å²) >= 11 is 1.54. The van der Waals surface area contributed by atoms with E-state index in [1.165, 1.54) is 0 Å². The highest BCUT2D eigenvalue weighted by molar-refractivity contribution is 8.14. The molecular formula is C21H26N2O4S. The third-order valence-corrected chi connectivity index (χ3v) is 5.44. The molecule has 2 aliphatic heterocycles. The van der Waals surface area contributed by atoms with E-state index in [9.17, 15) is 9.59 Å². The topological polar surface area (TPSA) is 68.2 Å². The summed E-state index contributed by atoms with van der Waals surface area (Å²) in [5, 5.41) is 0.646. The Labute approximate surface area is 170 Å². The lowest BCUT2D eigenvalue weighted by Gasteiger charge is -2.39. The van der Waals surface area contributed by atoms with Crippen molar-refractivity contribution < 1.29 is 19.1 Å². The molecule has 0 bridgehead atoms. The van der Waals surface area contributed by atoms with Gasteiger partial charge in [0.2, 0.25) is 5.91 Å². The third kappa shape index (κ3) is 4.24. The number of amidine groups is 1. The Balaban J connectivity index is 2.03. The van der Waals surface area contributed by atoms with Crippen molar-refractivity contribution in [2.45, 2.75) is 40.2 Å². The van der Waals surface area contributed by atoms with Gasteiger partial charge in [-0.05, 0) is 37.5 Å². The van der Waals surface area contributed by atoms with E-state index in [-0.39, 0.29) is 11.8 Å². The maximum atomic E-state index is 12.9. The Kier molecular flexibility index (Phi) is 6.44. The van der Waals surface area contributed by atoms with E-state index in [4.69, 9.17) is 9.47 Å². The number of allylic oxidation sites excluding steroid dienone is 1. The van der Waals surface area contributed by atoms with E-state index in [1.54, 1.807) is 23.6 Å². The van der Waals surface area contributed by atoms with E-state index in [0.717, 1.165) is 11.3 Å². The zero-order chi connectivity index (χ0) is 20.3.